The summed E-state index contributed by atoms with van der Waals surface area (Å²) in [4.78, 5) is 16.8. The number of furan rings is 1. The maximum absolute atomic E-state index is 12.2. The fourth-order valence-corrected chi connectivity index (χ4v) is 2.75. The van der Waals surface area contributed by atoms with E-state index in [-0.39, 0.29) is 17.8 Å². The highest BCUT2D eigenvalue weighted by molar-refractivity contribution is 7.18. The van der Waals surface area contributed by atoms with E-state index in [1.807, 2.05) is 26.0 Å². The third kappa shape index (κ3) is 4.22. The summed E-state index contributed by atoms with van der Waals surface area (Å²) in [5.74, 6) is 1.01. The SMILES string of the molecule is CCNc1nc(N)c(C(=O)NC(C)CCc2ccco2)s1. The highest BCUT2D eigenvalue weighted by Gasteiger charge is 2.17. The van der Waals surface area contributed by atoms with Crippen molar-refractivity contribution in [3.8, 4) is 0 Å². The average molecular weight is 308 g/mol. The van der Waals surface area contributed by atoms with Crippen LogP contribution in [-0.2, 0) is 6.42 Å². The van der Waals surface area contributed by atoms with Crippen molar-refractivity contribution in [3.05, 3.63) is 29.0 Å². The van der Waals surface area contributed by atoms with E-state index in [1.54, 1.807) is 6.26 Å². The number of carbonyl (C=O) groups is 1. The summed E-state index contributed by atoms with van der Waals surface area (Å²) in [5.41, 5.74) is 5.78. The molecule has 1 amide bonds. The molecule has 0 saturated heterocycles. The summed E-state index contributed by atoms with van der Waals surface area (Å²) in [6.07, 6.45) is 3.24. The Morgan fingerprint density at radius 3 is 3.05 bits per heavy atom. The highest BCUT2D eigenvalue weighted by Crippen LogP contribution is 2.24. The molecule has 4 N–H and O–H groups in total. The minimum absolute atomic E-state index is 0.0340. The Bertz CT molecular complexity index is 580. The molecular formula is C14H20N4O2S. The number of carbonyl (C=O) groups excluding carboxylic acids is 1. The zero-order valence-electron chi connectivity index (χ0n) is 12.2. The van der Waals surface area contributed by atoms with E-state index in [1.165, 1.54) is 11.3 Å². The average Bonchev–Trinajstić information content (AvgIpc) is 3.06. The lowest BCUT2D eigenvalue weighted by molar-refractivity contribution is 0.0943. The van der Waals surface area contributed by atoms with Crippen LogP contribution in [0.4, 0.5) is 10.9 Å². The first kappa shape index (κ1) is 15.4. The number of aromatic nitrogens is 1. The molecule has 1 unspecified atom stereocenters. The Morgan fingerprint density at radius 2 is 2.38 bits per heavy atom. The van der Waals surface area contributed by atoms with E-state index in [9.17, 15) is 4.79 Å². The Hall–Kier alpha value is -2.02. The Balaban J connectivity index is 1.88. The van der Waals surface area contributed by atoms with Gasteiger partial charge in [-0.2, -0.15) is 0 Å². The van der Waals surface area contributed by atoms with E-state index < -0.39 is 0 Å². The number of anilines is 2. The van der Waals surface area contributed by atoms with E-state index in [0.717, 1.165) is 25.1 Å². The van der Waals surface area contributed by atoms with Gasteiger partial charge in [0.15, 0.2) is 5.13 Å². The van der Waals surface area contributed by atoms with Crippen LogP contribution in [0.3, 0.4) is 0 Å². The van der Waals surface area contributed by atoms with E-state index in [4.69, 9.17) is 10.2 Å². The lowest BCUT2D eigenvalue weighted by Gasteiger charge is -2.12. The van der Waals surface area contributed by atoms with E-state index in [0.29, 0.717) is 10.0 Å². The van der Waals surface area contributed by atoms with Crippen LogP contribution in [0.5, 0.6) is 0 Å². The molecule has 0 saturated carbocycles. The van der Waals surface area contributed by atoms with Crippen molar-refractivity contribution in [2.24, 2.45) is 0 Å². The minimum Gasteiger partial charge on any atom is -0.469 e. The van der Waals surface area contributed by atoms with E-state index in [2.05, 4.69) is 15.6 Å². The molecule has 0 aromatic carbocycles. The number of amides is 1. The summed E-state index contributed by atoms with van der Waals surface area (Å²) < 4.78 is 5.27. The molecule has 2 aromatic heterocycles. The van der Waals surface area contributed by atoms with Crippen molar-refractivity contribution in [2.45, 2.75) is 32.7 Å². The standard InChI is InChI=1S/C14H20N4O2S/c1-3-16-14-18-12(15)11(21-14)13(19)17-9(2)6-7-10-5-4-8-20-10/h4-5,8-9H,3,6-7,15H2,1-2H3,(H,16,18)(H,17,19). The topological polar surface area (TPSA) is 93.2 Å². The fraction of sp³-hybridized carbons (Fsp3) is 0.429. The van der Waals surface area contributed by atoms with Crippen molar-refractivity contribution < 1.29 is 9.21 Å². The number of aryl methyl sites for hydroxylation is 1. The first-order chi connectivity index (χ1) is 10.1. The summed E-state index contributed by atoms with van der Waals surface area (Å²) >= 11 is 1.27. The van der Waals surface area contributed by atoms with E-state index >= 15 is 0 Å². The first-order valence-corrected chi connectivity index (χ1v) is 7.75. The fourth-order valence-electron chi connectivity index (χ4n) is 1.90. The van der Waals surface area contributed by atoms with Gasteiger partial charge < -0.3 is 20.8 Å². The number of rotatable bonds is 7. The maximum Gasteiger partial charge on any atom is 0.265 e. The zero-order chi connectivity index (χ0) is 15.2. The molecule has 2 rings (SSSR count). The number of nitrogens with two attached hydrogens (primary N) is 1. The van der Waals surface area contributed by atoms with Crippen LogP contribution in [0.15, 0.2) is 22.8 Å². The normalized spacial score (nSPS) is 12.1. The van der Waals surface area contributed by atoms with Crippen LogP contribution in [0.1, 0.15) is 35.7 Å². The number of nitrogens with one attached hydrogen (secondary N) is 2. The van der Waals surface area contributed by atoms with Gasteiger partial charge in [-0.15, -0.1) is 0 Å². The van der Waals surface area contributed by atoms with Gasteiger partial charge in [0.2, 0.25) is 0 Å². The van der Waals surface area contributed by atoms with Crippen molar-refractivity contribution in [3.63, 3.8) is 0 Å². The molecule has 7 heteroatoms. The van der Waals surface area contributed by atoms with Gasteiger partial charge in [-0.3, -0.25) is 4.79 Å². The molecule has 0 fully saturated rings. The third-order valence-corrected chi connectivity index (χ3v) is 4.00. The third-order valence-electron chi connectivity index (χ3n) is 2.97. The predicted molar refractivity (Wildman–Crippen MR) is 84.6 cm³/mol. The molecule has 1 atom stereocenters. The second-order valence-electron chi connectivity index (χ2n) is 4.76. The molecule has 0 aliphatic carbocycles. The van der Waals surface area contributed by atoms with Crippen molar-refractivity contribution in [2.75, 3.05) is 17.6 Å². The Kier molecular flexibility index (Phi) is 5.21. The van der Waals surface area contributed by atoms with Gasteiger partial charge in [-0.1, -0.05) is 11.3 Å². The van der Waals surface area contributed by atoms with Crippen LogP contribution in [0, 0.1) is 0 Å². The molecular weight excluding hydrogens is 288 g/mol. The van der Waals surface area contributed by atoms with Crippen LogP contribution in [0.25, 0.3) is 0 Å². The molecule has 21 heavy (non-hydrogen) atoms. The van der Waals surface area contributed by atoms with Crippen LogP contribution < -0.4 is 16.4 Å². The van der Waals surface area contributed by atoms with Gasteiger partial charge in [0.25, 0.3) is 5.91 Å². The predicted octanol–water partition coefficient (Wildman–Crippen LogP) is 2.50. The molecule has 6 nitrogen and oxygen atoms in total. The smallest absolute Gasteiger partial charge is 0.265 e. The molecule has 0 radical (unpaired) electrons. The highest BCUT2D eigenvalue weighted by atomic mass is 32.1. The maximum atomic E-state index is 12.2. The molecule has 0 bridgehead atoms. The number of nitrogen functional groups attached to an aromatic ring is 1. The molecule has 0 spiro atoms. The minimum atomic E-state index is -0.180. The Morgan fingerprint density at radius 1 is 1.57 bits per heavy atom. The number of hydrogen-bond acceptors (Lipinski definition) is 6. The molecule has 0 aliphatic rings. The van der Waals surface area contributed by atoms with Crippen molar-refractivity contribution in [1.29, 1.82) is 0 Å². The van der Waals surface area contributed by atoms with Gasteiger partial charge in [-0.05, 0) is 32.4 Å². The molecule has 114 valence electrons. The first-order valence-electron chi connectivity index (χ1n) is 6.93. The van der Waals surface area contributed by atoms with Gasteiger partial charge in [-0.25, -0.2) is 4.98 Å². The Labute approximate surface area is 127 Å². The lowest BCUT2D eigenvalue weighted by Crippen LogP contribution is -2.32. The quantitative estimate of drug-likeness (QED) is 0.730. The van der Waals surface area contributed by atoms with Crippen LogP contribution >= 0.6 is 11.3 Å². The number of hydrogen-bond donors (Lipinski definition) is 3. The summed E-state index contributed by atoms with van der Waals surface area (Å²) in [6, 6.07) is 3.82. The molecule has 2 heterocycles. The number of thiazole rings is 1. The van der Waals surface area contributed by atoms with Gasteiger partial charge >= 0.3 is 0 Å². The van der Waals surface area contributed by atoms with Crippen molar-refractivity contribution in [1.82, 2.24) is 10.3 Å². The number of nitrogens with zero attached hydrogens (tertiary/aromatic N) is 1. The van der Waals surface area contributed by atoms with Crippen LogP contribution in [-0.4, -0.2) is 23.5 Å². The lowest BCUT2D eigenvalue weighted by atomic mass is 10.1. The molecule has 0 aliphatic heterocycles. The summed E-state index contributed by atoms with van der Waals surface area (Å²) in [5, 5.41) is 6.66. The van der Waals surface area contributed by atoms with Gasteiger partial charge in [0.05, 0.1) is 6.26 Å². The summed E-state index contributed by atoms with van der Waals surface area (Å²) in [7, 11) is 0. The van der Waals surface area contributed by atoms with Gasteiger partial charge in [0.1, 0.15) is 16.5 Å². The monoisotopic (exact) mass is 308 g/mol. The second-order valence-corrected chi connectivity index (χ2v) is 5.76. The second kappa shape index (κ2) is 7.12. The zero-order valence-corrected chi connectivity index (χ0v) is 13.0. The van der Waals surface area contributed by atoms with Crippen molar-refractivity contribution >= 4 is 28.2 Å². The van der Waals surface area contributed by atoms with Gasteiger partial charge in [0, 0.05) is 19.0 Å². The molecule has 2 aromatic rings. The largest absolute Gasteiger partial charge is 0.469 e. The summed E-state index contributed by atoms with van der Waals surface area (Å²) in [6.45, 7) is 4.67. The van der Waals surface area contributed by atoms with Crippen LogP contribution in [0.2, 0.25) is 0 Å².